The predicted molar refractivity (Wildman–Crippen MR) is 67.5 cm³/mol. The van der Waals surface area contributed by atoms with E-state index in [2.05, 4.69) is 0 Å². The van der Waals surface area contributed by atoms with Crippen molar-refractivity contribution in [2.75, 3.05) is 13.2 Å². The van der Waals surface area contributed by atoms with E-state index in [0.29, 0.717) is 0 Å². The van der Waals surface area contributed by atoms with E-state index >= 15 is 0 Å². The maximum absolute atomic E-state index is 14.1. The van der Waals surface area contributed by atoms with Crippen molar-refractivity contribution in [1.29, 1.82) is 0 Å². The van der Waals surface area contributed by atoms with Crippen LogP contribution in [-0.4, -0.2) is 110 Å². The Morgan fingerprint density at radius 2 is 1.39 bits per heavy atom. The molecule has 2 aliphatic rings. The van der Waals surface area contributed by atoms with Gasteiger partial charge in [0.1, 0.15) is 42.7 Å². The maximum Gasteiger partial charge on any atom is 0.192 e. The standard InChI is InChI=1S/C12H21FO10/c13-5-7(17)6(16)3(1-14)22-12(5)23-10-4(2-15)21-11(20)9(19)8(10)18/h3-12,14-20H,1-2H2/t3-,4+,5-,6-,7-,8-,9-,10-,11-,12+/m1/s1. The average molecular weight is 344 g/mol. The van der Waals surface area contributed by atoms with Crippen LogP contribution in [0, 0.1) is 0 Å². The van der Waals surface area contributed by atoms with E-state index in [1.54, 1.807) is 0 Å². The molecule has 136 valence electrons. The van der Waals surface area contributed by atoms with Gasteiger partial charge in [0, 0.05) is 0 Å². The molecule has 0 amide bonds. The van der Waals surface area contributed by atoms with E-state index in [4.69, 9.17) is 19.3 Å². The Hall–Kier alpha value is -0.470. The van der Waals surface area contributed by atoms with Gasteiger partial charge >= 0.3 is 0 Å². The van der Waals surface area contributed by atoms with E-state index in [1.165, 1.54) is 0 Å². The van der Waals surface area contributed by atoms with Crippen molar-refractivity contribution >= 4 is 0 Å². The number of ether oxygens (including phenoxy) is 3. The number of hydrogen-bond acceptors (Lipinski definition) is 10. The summed E-state index contributed by atoms with van der Waals surface area (Å²) < 4.78 is 29.0. The summed E-state index contributed by atoms with van der Waals surface area (Å²) >= 11 is 0. The van der Waals surface area contributed by atoms with Crippen molar-refractivity contribution in [1.82, 2.24) is 0 Å². The molecule has 0 spiro atoms. The first-order valence-electron chi connectivity index (χ1n) is 7.04. The predicted octanol–water partition coefficient (Wildman–Crippen LogP) is -4.42. The lowest BCUT2D eigenvalue weighted by molar-refractivity contribution is -0.348. The van der Waals surface area contributed by atoms with Crippen LogP contribution in [0.15, 0.2) is 0 Å². The summed E-state index contributed by atoms with van der Waals surface area (Å²) in [5, 5.41) is 66.2. The van der Waals surface area contributed by atoms with Gasteiger partial charge in [-0.05, 0) is 0 Å². The second-order valence-corrected chi connectivity index (χ2v) is 5.48. The van der Waals surface area contributed by atoms with Crippen molar-refractivity contribution in [3.8, 4) is 0 Å². The topological polar surface area (TPSA) is 169 Å². The van der Waals surface area contributed by atoms with Crippen LogP contribution < -0.4 is 0 Å². The number of halogens is 1. The van der Waals surface area contributed by atoms with Crippen molar-refractivity contribution < 1.29 is 54.3 Å². The highest BCUT2D eigenvalue weighted by Gasteiger charge is 2.50. The minimum atomic E-state index is -2.22. The first kappa shape index (κ1) is 18.9. The van der Waals surface area contributed by atoms with Crippen LogP contribution in [0.25, 0.3) is 0 Å². The molecular weight excluding hydrogens is 323 g/mol. The van der Waals surface area contributed by atoms with Gasteiger partial charge in [-0.3, -0.25) is 0 Å². The molecule has 2 rings (SSSR count). The third-order valence-corrected chi connectivity index (χ3v) is 3.94. The molecule has 0 aromatic rings. The zero-order chi connectivity index (χ0) is 17.3. The molecule has 11 heteroatoms. The molecule has 0 saturated carbocycles. The van der Waals surface area contributed by atoms with Gasteiger partial charge in [-0.2, -0.15) is 0 Å². The van der Waals surface area contributed by atoms with Gasteiger partial charge < -0.3 is 50.0 Å². The highest BCUT2D eigenvalue weighted by Crippen LogP contribution is 2.29. The number of aliphatic hydroxyl groups excluding tert-OH is 7. The minimum Gasteiger partial charge on any atom is -0.394 e. The molecule has 2 fully saturated rings. The summed E-state index contributed by atoms with van der Waals surface area (Å²) in [5.41, 5.74) is 0. The Balaban J connectivity index is 2.11. The Morgan fingerprint density at radius 1 is 0.783 bits per heavy atom. The van der Waals surface area contributed by atoms with Crippen LogP contribution in [0.4, 0.5) is 4.39 Å². The number of hydrogen-bond donors (Lipinski definition) is 7. The average Bonchev–Trinajstić information content (AvgIpc) is 2.55. The molecule has 0 bridgehead atoms. The van der Waals surface area contributed by atoms with Gasteiger partial charge in [0.05, 0.1) is 13.2 Å². The number of rotatable bonds is 4. The monoisotopic (exact) mass is 344 g/mol. The molecule has 2 aliphatic heterocycles. The minimum absolute atomic E-state index is 0.718. The third-order valence-electron chi connectivity index (χ3n) is 3.94. The highest BCUT2D eigenvalue weighted by atomic mass is 19.1. The largest absolute Gasteiger partial charge is 0.394 e. The fraction of sp³-hybridized carbons (Fsp3) is 1.00. The molecule has 23 heavy (non-hydrogen) atoms. The Labute approximate surface area is 130 Å². The zero-order valence-corrected chi connectivity index (χ0v) is 11.9. The van der Waals surface area contributed by atoms with Gasteiger partial charge in [-0.1, -0.05) is 0 Å². The summed E-state index contributed by atoms with van der Waals surface area (Å²) in [5.74, 6) is 0. The smallest absolute Gasteiger partial charge is 0.192 e. The third kappa shape index (κ3) is 3.64. The Kier molecular flexibility index (Phi) is 6.24. The zero-order valence-electron chi connectivity index (χ0n) is 11.9. The van der Waals surface area contributed by atoms with Crippen LogP contribution in [0.3, 0.4) is 0 Å². The SMILES string of the molecule is OC[C@@H]1O[C@@H](O)[C@H](O)[C@@H](O)[C@@H]1O[C@@H]1O[C@H](CO)[C@@H](O)[C@H](O)[C@H]1F. The van der Waals surface area contributed by atoms with Gasteiger partial charge in [0.2, 0.25) is 0 Å². The molecule has 2 heterocycles. The van der Waals surface area contributed by atoms with Crippen LogP contribution in [-0.2, 0) is 14.2 Å². The fourth-order valence-electron chi connectivity index (χ4n) is 2.55. The molecule has 10 atom stereocenters. The molecule has 0 aromatic heterocycles. The van der Waals surface area contributed by atoms with Crippen LogP contribution in [0.5, 0.6) is 0 Å². The number of aliphatic hydroxyl groups is 7. The summed E-state index contributed by atoms with van der Waals surface area (Å²) in [7, 11) is 0. The summed E-state index contributed by atoms with van der Waals surface area (Å²) in [6.07, 6.45) is -17.0. The van der Waals surface area contributed by atoms with E-state index in [0.717, 1.165) is 0 Å². The molecule has 10 nitrogen and oxygen atoms in total. The van der Waals surface area contributed by atoms with Crippen LogP contribution in [0.1, 0.15) is 0 Å². The van der Waals surface area contributed by atoms with E-state index < -0.39 is 74.7 Å². The maximum atomic E-state index is 14.1. The van der Waals surface area contributed by atoms with Crippen molar-refractivity contribution in [3.05, 3.63) is 0 Å². The van der Waals surface area contributed by atoms with Crippen molar-refractivity contribution in [2.24, 2.45) is 0 Å². The van der Waals surface area contributed by atoms with Gasteiger partial charge in [-0.25, -0.2) is 4.39 Å². The fourth-order valence-corrected chi connectivity index (χ4v) is 2.55. The van der Waals surface area contributed by atoms with Gasteiger partial charge in [0.15, 0.2) is 18.8 Å². The lowest BCUT2D eigenvalue weighted by Crippen LogP contribution is -2.63. The normalized spacial score (nSPS) is 51.7. The van der Waals surface area contributed by atoms with E-state index in [-0.39, 0.29) is 0 Å². The van der Waals surface area contributed by atoms with Gasteiger partial charge in [-0.15, -0.1) is 0 Å². The molecule has 0 radical (unpaired) electrons. The second-order valence-electron chi connectivity index (χ2n) is 5.48. The highest BCUT2D eigenvalue weighted by molar-refractivity contribution is 4.93. The summed E-state index contributed by atoms with van der Waals surface area (Å²) in [6.45, 7) is -1.44. The summed E-state index contributed by atoms with van der Waals surface area (Å²) in [4.78, 5) is 0. The molecule has 0 aromatic carbocycles. The molecular formula is C12H21FO10. The first-order chi connectivity index (χ1) is 10.8. The summed E-state index contributed by atoms with van der Waals surface area (Å²) in [6, 6.07) is 0. The van der Waals surface area contributed by atoms with Crippen molar-refractivity contribution in [3.63, 3.8) is 0 Å². The molecule has 0 unspecified atom stereocenters. The van der Waals surface area contributed by atoms with E-state index in [1.807, 2.05) is 0 Å². The molecule has 2 saturated heterocycles. The van der Waals surface area contributed by atoms with Gasteiger partial charge in [0.25, 0.3) is 0 Å². The Bertz CT molecular complexity index is 383. The lowest BCUT2D eigenvalue weighted by Gasteiger charge is -2.44. The number of alkyl halides is 1. The molecule has 0 aliphatic carbocycles. The molecule has 7 N–H and O–H groups in total. The quantitative estimate of drug-likeness (QED) is 0.264. The van der Waals surface area contributed by atoms with Crippen LogP contribution >= 0.6 is 0 Å². The van der Waals surface area contributed by atoms with E-state index in [9.17, 15) is 35.0 Å². The lowest BCUT2D eigenvalue weighted by atomic mass is 9.97. The van der Waals surface area contributed by atoms with Crippen molar-refractivity contribution in [2.45, 2.75) is 61.5 Å². The Morgan fingerprint density at radius 3 is 1.96 bits per heavy atom. The second kappa shape index (κ2) is 7.61. The van der Waals surface area contributed by atoms with Crippen LogP contribution in [0.2, 0.25) is 0 Å². The first-order valence-corrected chi connectivity index (χ1v) is 7.04.